The molecule has 3 rings (SSSR count). The van der Waals surface area contributed by atoms with Crippen LogP contribution in [0, 0.1) is 0 Å². The number of hydrogen-bond acceptors (Lipinski definition) is 13. The van der Waals surface area contributed by atoms with Crippen LogP contribution < -0.4 is 0 Å². The number of carbonyl (C=O) groups is 1. The summed E-state index contributed by atoms with van der Waals surface area (Å²) in [4.78, 5) is 11.1. The zero-order valence-corrected chi connectivity index (χ0v) is 15.6. The fraction of sp³-hybridized carbons (Fsp3) is 0.938. The first kappa shape index (κ1) is 23.6. The van der Waals surface area contributed by atoms with Crippen molar-refractivity contribution in [3.05, 3.63) is 0 Å². The van der Waals surface area contributed by atoms with Gasteiger partial charge in [0.25, 0.3) is 0 Å². The van der Waals surface area contributed by atoms with E-state index in [2.05, 4.69) is 0 Å². The molecule has 0 aromatic rings. The van der Waals surface area contributed by atoms with E-state index in [4.69, 9.17) is 28.8 Å². The topological polar surface area (TPSA) is 225 Å². The molecule has 3 aliphatic heterocycles. The summed E-state index contributed by atoms with van der Waals surface area (Å²) in [5, 5.41) is 78.6. The van der Waals surface area contributed by atoms with E-state index in [1.54, 1.807) is 0 Å². The van der Waals surface area contributed by atoms with Crippen molar-refractivity contribution >= 4 is 5.97 Å². The molecule has 3 fully saturated rings. The van der Waals surface area contributed by atoms with Crippen LogP contribution in [-0.2, 0) is 28.5 Å². The molecular weight excluding hydrogens is 416 g/mol. The zero-order chi connectivity index (χ0) is 22.2. The van der Waals surface area contributed by atoms with Crippen LogP contribution in [0.1, 0.15) is 6.42 Å². The predicted octanol–water partition coefficient (Wildman–Crippen LogP) is -5.17. The van der Waals surface area contributed by atoms with Gasteiger partial charge in [-0.1, -0.05) is 0 Å². The van der Waals surface area contributed by atoms with E-state index in [0.29, 0.717) is 0 Å². The molecular formula is C16H26O14. The van der Waals surface area contributed by atoms with Crippen LogP contribution in [0.3, 0.4) is 0 Å². The van der Waals surface area contributed by atoms with Crippen LogP contribution >= 0.6 is 0 Å². The maximum atomic E-state index is 11.1. The highest BCUT2D eigenvalue weighted by Gasteiger charge is 2.48. The van der Waals surface area contributed by atoms with Gasteiger partial charge in [0, 0.05) is 6.42 Å². The Bertz CT molecular complexity index is 590. The highest BCUT2D eigenvalue weighted by atomic mass is 16.7. The minimum Gasteiger partial charge on any atom is -0.479 e. The molecule has 8 N–H and O–H groups in total. The Morgan fingerprint density at radius 3 is 2.13 bits per heavy atom. The van der Waals surface area contributed by atoms with Crippen LogP contribution in [0.5, 0.6) is 0 Å². The molecule has 0 amide bonds. The van der Waals surface area contributed by atoms with Crippen molar-refractivity contribution in [3.63, 3.8) is 0 Å². The third-order valence-corrected chi connectivity index (χ3v) is 5.19. The molecule has 0 radical (unpaired) electrons. The Labute approximate surface area is 169 Å². The summed E-state index contributed by atoms with van der Waals surface area (Å²) in [6.45, 7) is -0.715. The molecule has 30 heavy (non-hydrogen) atoms. The SMILES string of the molecule is O=C(O)[C@@H]1C[C@H](O)[C@@H](O)[C@@H](O[C@@H]2[C@@H](O)[C@H](O[C@@H]3OC[C@@H](O)[C@H](O)[C@H]3O)CO[C@H]2O)O1. The summed E-state index contributed by atoms with van der Waals surface area (Å²) >= 11 is 0. The van der Waals surface area contributed by atoms with Gasteiger partial charge >= 0.3 is 5.97 Å². The monoisotopic (exact) mass is 442 g/mol. The lowest BCUT2D eigenvalue weighted by molar-refractivity contribution is -0.356. The Morgan fingerprint density at radius 1 is 0.767 bits per heavy atom. The number of ether oxygens (including phenoxy) is 5. The van der Waals surface area contributed by atoms with E-state index >= 15 is 0 Å². The maximum Gasteiger partial charge on any atom is 0.333 e. The van der Waals surface area contributed by atoms with Crippen molar-refractivity contribution < 1.29 is 69.3 Å². The fourth-order valence-electron chi connectivity index (χ4n) is 3.37. The molecule has 0 aliphatic carbocycles. The molecule has 0 saturated carbocycles. The van der Waals surface area contributed by atoms with E-state index in [0.717, 1.165) is 0 Å². The number of hydrogen-bond donors (Lipinski definition) is 8. The first-order valence-electron chi connectivity index (χ1n) is 9.29. The molecule has 3 heterocycles. The minimum absolute atomic E-state index is 0.342. The zero-order valence-electron chi connectivity index (χ0n) is 15.6. The van der Waals surface area contributed by atoms with E-state index in [-0.39, 0.29) is 19.6 Å². The summed E-state index contributed by atoms with van der Waals surface area (Å²) in [5.41, 5.74) is 0. The van der Waals surface area contributed by atoms with Gasteiger partial charge in [0.15, 0.2) is 25.0 Å². The van der Waals surface area contributed by atoms with Gasteiger partial charge in [0.05, 0.1) is 19.3 Å². The number of carboxylic acid groups (broad SMARTS) is 1. The summed E-state index contributed by atoms with van der Waals surface area (Å²) in [6, 6.07) is 0. The van der Waals surface area contributed by atoms with Crippen molar-refractivity contribution in [2.24, 2.45) is 0 Å². The first-order valence-corrected chi connectivity index (χ1v) is 9.29. The summed E-state index contributed by atoms with van der Waals surface area (Å²) in [5.74, 6) is -1.40. The number of aliphatic hydroxyl groups excluding tert-OH is 7. The van der Waals surface area contributed by atoms with Gasteiger partial charge in [0.2, 0.25) is 0 Å². The largest absolute Gasteiger partial charge is 0.479 e. The Balaban J connectivity index is 1.65. The van der Waals surface area contributed by atoms with Gasteiger partial charge in [0.1, 0.15) is 42.7 Å². The molecule has 3 saturated heterocycles. The lowest BCUT2D eigenvalue weighted by atomic mass is 10.0. The third-order valence-electron chi connectivity index (χ3n) is 5.19. The molecule has 174 valence electrons. The Morgan fingerprint density at radius 2 is 1.47 bits per heavy atom. The van der Waals surface area contributed by atoms with Gasteiger partial charge in [-0.15, -0.1) is 0 Å². The summed E-state index contributed by atoms with van der Waals surface area (Å²) in [7, 11) is 0. The second-order valence-electron chi connectivity index (χ2n) is 7.36. The highest BCUT2D eigenvalue weighted by Crippen LogP contribution is 2.28. The van der Waals surface area contributed by atoms with E-state index in [1.165, 1.54) is 0 Å². The number of aliphatic carboxylic acids is 1. The molecule has 0 spiro atoms. The summed E-state index contributed by atoms with van der Waals surface area (Å²) < 4.78 is 25.9. The molecule has 12 atom stereocenters. The lowest BCUT2D eigenvalue weighted by Crippen LogP contribution is -2.61. The molecule has 14 heteroatoms. The number of carboxylic acids is 1. The van der Waals surface area contributed by atoms with Crippen LogP contribution in [0.2, 0.25) is 0 Å². The molecule has 0 aromatic heterocycles. The van der Waals surface area contributed by atoms with Gasteiger partial charge in [-0.2, -0.15) is 0 Å². The Hall–Kier alpha value is -1.01. The van der Waals surface area contributed by atoms with Crippen LogP contribution in [0.15, 0.2) is 0 Å². The third kappa shape index (κ3) is 4.90. The van der Waals surface area contributed by atoms with Gasteiger partial charge < -0.3 is 64.5 Å². The smallest absolute Gasteiger partial charge is 0.333 e. The van der Waals surface area contributed by atoms with Crippen molar-refractivity contribution in [1.82, 2.24) is 0 Å². The lowest BCUT2D eigenvalue weighted by Gasteiger charge is -2.43. The van der Waals surface area contributed by atoms with E-state index in [9.17, 15) is 40.5 Å². The minimum atomic E-state index is -1.72. The normalized spacial score (nSPS) is 50.2. The van der Waals surface area contributed by atoms with Crippen LogP contribution in [-0.4, -0.2) is 134 Å². The maximum absolute atomic E-state index is 11.1. The Kier molecular flexibility index (Phi) is 7.60. The molecule has 3 aliphatic rings. The second-order valence-corrected chi connectivity index (χ2v) is 7.36. The average Bonchev–Trinajstić information content (AvgIpc) is 2.70. The van der Waals surface area contributed by atoms with Gasteiger partial charge in [-0.3, -0.25) is 0 Å². The van der Waals surface area contributed by atoms with Crippen molar-refractivity contribution in [2.45, 2.75) is 80.2 Å². The van der Waals surface area contributed by atoms with Gasteiger partial charge in [-0.05, 0) is 0 Å². The molecule has 0 aromatic carbocycles. The van der Waals surface area contributed by atoms with E-state index in [1.807, 2.05) is 0 Å². The molecule has 0 bridgehead atoms. The fourth-order valence-corrected chi connectivity index (χ4v) is 3.37. The quantitative estimate of drug-likeness (QED) is 0.199. The van der Waals surface area contributed by atoms with E-state index < -0.39 is 79.8 Å². The average molecular weight is 442 g/mol. The molecule has 0 unspecified atom stereocenters. The van der Waals surface area contributed by atoms with Crippen LogP contribution in [0.4, 0.5) is 0 Å². The van der Waals surface area contributed by atoms with Crippen molar-refractivity contribution in [3.8, 4) is 0 Å². The molecule has 14 nitrogen and oxygen atoms in total. The highest BCUT2D eigenvalue weighted by molar-refractivity contribution is 5.72. The number of rotatable bonds is 5. The predicted molar refractivity (Wildman–Crippen MR) is 88.4 cm³/mol. The van der Waals surface area contributed by atoms with Crippen LogP contribution in [0.25, 0.3) is 0 Å². The number of aliphatic hydroxyl groups is 7. The van der Waals surface area contributed by atoms with Crippen molar-refractivity contribution in [2.75, 3.05) is 13.2 Å². The first-order chi connectivity index (χ1) is 14.1. The standard InChI is InChI=1S/C16H26O14/c17-4-1-6(13(23)24)28-16(9(4)20)30-12-10(21)7(3-26-14(12)25)29-15-11(22)8(19)5(18)2-27-15/h4-12,14-22,25H,1-3H2,(H,23,24)/t4-,5+,6-,7+,8-,9+,10-,11+,12+,14+,15-,16+/m0/s1. The van der Waals surface area contributed by atoms with Gasteiger partial charge in [-0.25, -0.2) is 4.79 Å². The summed E-state index contributed by atoms with van der Waals surface area (Å²) in [6.07, 6.45) is -18.9. The second kappa shape index (κ2) is 9.64. The van der Waals surface area contributed by atoms with Crippen molar-refractivity contribution in [1.29, 1.82) is 0 Å².